The third-order valence-electron chi connectivity index (χ3n) is 8.81. The first-order valence-corrected chi connectivity index (χ1v) is 14.7. The maximum atomic E-state index is 14.4. The lowest BCUT2D eigenvalue weighted by molar-refractivity contribution is -0.143. The van der Waals surface area contributed by atoms with Gasteiger partial charge in [0.2, 0.25) is 17.7 Å². The molecular formula is C29H34N6O4S. The number of para-hydroxylation sites is 1. The van der Waals surface area contributed by atoms with E-state index in [1.807, 2.05) is 61.5 Å². The number of fused-ring (bicyclic) bond motifs is 2. The smallest absolute Gasteiger partial charge is 0.245 e. The van der Waals surface area contributed by atoms with Crippen LogP contribution in [0.3, 0.4) is 0 Å². The minimum absolute atomic E-state index is 0.0795. The fraction of sp³-hybridized carbons (Fsp3) is 0.483. The number of nitrogens with one attached hydrogen (secondary N) is 2. The number of benzene rings is 2. The Hall–Kier alpha value is -3.44. The molecule has 3 N–H and O–H groups in total. The summed E-state index contributed by atoms with van der Waals surface area (Å²) in [5, 5.41) is 25.0. The van der Waals surface area contributed by atoms with E-state index in [-0.39, 0.29) is 31.0 Å². The summed E-state index contributed by atoms with van der Waals surface area (Å²) < 4.78 is 0.384. The van der Waals surface area contributed by atoms with E-state index >= 15 is 0 Å². The molecular weight excluding hydrogens is 528 g/mol. The summed E-state index contributed by atoms with van der Waals surface area (Å²) >= 11 is 1.61. The molecule has 10 nitrogen and oxygen atoms in total. The minimum atomic E-state index is -0.868. The summed E-state index contributed by atoms with van der Waals surface area (Å²) in [6, 6.07) is 15.2. The fourth-order valence-corrected chi connectivity index (χ4v) is 9.41. The van der Waals surface area contributed by atoms with Crippen LogP contribution >= 0.6 is 11.8 Å². The van der Waals surface area contributed by atoms with Gasteiger partial charge < -0.3 is 20.6 Å². The highest BCUT2D eigenvalue weighted by Gasteiger charge is 2.77. The Morgan fingerprint density at radius 1 is 1.10 bits per heavy atom. The van der Waals surface area contributed by atoms with Gasteiger partial charge in [0.15, 0.2) is 0 Å². The molecule has 11 heteroatoms. The summed E-state index contributed by atoms with van der Waals surface area (Å²) in [6.45, 7) is 4.31. The maximum absolute atomic E-state index is 14.4. The van der Waals surface area contributed by atoms with Crippen molar-refractivity contribution < 1.29 is 19.5 Å². The number of rotatable bonds is 9. The van der Waals surface area contributed by atoms with Crippen molar-refractivity contribution in [3.05, 3.63) is 60.2 Å². The second-order valence-corrected chi connectivity index (χ2v) is 13.0. The van der Waals surface area contributed by atoms with Crippen molar-refractivity contribution in [3.63, 3.8) is 0 Å². The molecule has 3 saturated heterocycles. The van der Waals surface area contributed by atoms with Crippen molar-refractivity contribution in [1.29, 1.82) is 0 Å². The monoisotopic (exact) mass is 562 g/mol. The Kier molecular flexibility index (Phi) is 6.82. The zero-order valence-electron chi connectivity index (χ0n) is 22.6. The van der Waals surface area contributed by atoms with Gasteiger partial charge in [-0.15, -0.1) is 16.9 Å². The van der Waals surface area contributed by atoms with Crippen molar-refractivity contribution in [2.45, 2.75) is 61.4 Å². The first-order chi connectivity index (χ1) is 19.3. The van der Waals surface area contributed by atoms with Gasteiger partial charge in [-0.1, -0.05) is 54.6 Å². The van der Waals surface area contributed by atoms with E-state index < -0.39 is 33.4 Å². The van der Waals surface area contributed by atoms with E-state index in [4.69, 9.17) is 0 Å². The number of likely N-dealkylation sites (tertiary alicyclic amines) is 1. The van der Waals surface area contributed by atoms with Crippen molar-refractivity contribution in [3.8, 4) is 0 Å². The predicted molar refractivity (Wildman–Crippen MR) is 151 cm³/mol. The van der Waals surface area contributed by atoms with Crippen molar-refractivity contribution in [2.75, 3.05) is 13.2 Å². The number of hydrogen-bond donors (Lipinski definition) is 3. The number of nitrogens with zero attached hydrogens (tertiary/aromatic N) is 4. The molecule has 3 amide bonds. The number of aromatic nitrogens is 3. The molecule has 0 aliphatic carbocycles. The predicted octanol–water partition coefficient (Wildman–Crippen LogP) is 2.25. The van der Waals surface area contributed by atoms with E-state index in [0.29, 0.717) is 13.0 Å². The number of amides is 3. The van der Waals surface area contributed by atoms with Crippen LogP contribution in [0.5, 0.6) is 0 Å². The summed E-state index contributed by atoms with van der Waals surface area (Å²) in [4.78, 5) is 43.7. The van der Waals surface area contributed by atoms with Gasteiger partial charge in [-0.2, -0.15) is 0 Å². The quantitative estimate of drug-likeness (QED) is 0.365. The highest BCUT2D eigenvalue weighted by Crippen LogP contribution is 2.71. The van der Waals surface area contributed by atoms with Crippen molar-refractivity contribution in [2.24, 2.45) is 11.8 Å². The van der Waals surface area contributed by atoms with Crippen LogP contribution in [0.15, 0.2) is 54.6 Å². The van der Waals surface area contributed by atoms with Gasteiger partial charge in [-0.3, -0.25) is 14.4 Å². The van der Waals surface area contributed by atoms with E-state index in [0.717, 1.165) is 29.4 Å². The Morgan fingerprint density at radius 2 is 1.85 bits per heavy atom. The topological polar surface area (TPSA) is 129 Å². The molecule has 6 atom stereocenters. The average molecular weight is 563 g/mol. The molecule has 1 spiro atoms. The summed E-state index contributed by atoms with van der Waals surface area (Å²) in [5.41, 5.74) is 2.25. The number of aliphatic hydroxyl groups excluding tert-OH is 1. The minimum Gasteiger partial charge on any atom is -0.394 e. The lowest BCUT2D eigenvalue weighted by Gasteiger charge is -2.37. The lowest BCUT2D eigenvalue weighted by Crippen LogP contribution is -2.55. The van der Waals surface area contributed by atoms with Gasteiger partial charge in [-0.05, 0) is 43.9 Å². The Labute approximate surface area is 236 Å². The first kappa shape index (κ1) is 26.8. The normalized spacial score (nSPS) is 29.5. The standard InChI is InChI=1S/C29H34N6O4S/c1-3-15-30-25(37)22-23-27(39)35(21(16-36)18-9-5-4-6-10-18)24(29(23)14-13-28(22,2)40-29)26(38)31-17-34-20-12-8-7-11-19(20)32-33-34/h4-12,21-24,36H,3,13-17H2,1-2H3,(H,30,37)(H,31,38)/t21-,22+,23+,24?,28-,29?/m1/s1. The molecule has 2 bridgehead atoms. The zero-order valence-corrected chi connectivity index (χ0v) is 23.4. The van der Waals surface area contributed by atoms with Crippen LogP contribution in [0.4, 0.5) is 0 Å². The molecule has 6 rings (SSSR count). The van der Waals surface area contributed by atoms with Gasteiger partial charge in [0.05, 0.1) is 34.7 Å². The summed E-state index contributed by atoms with van der Waals surface area (Å²) in [5.74, 6) is -1.92. The molecule has 4 heterocycles. The molecule has 3 fully saturated rings. The van der Waals surface area contributed by atoms with Crippen molar-refractivity contribution in [1.82, 2.24) is 30.5 Å². The Morgan fingerprint density at radius 3 is 2.60 bits per heavy atom. The molecule has 210 valence electrons. The van der Waals surface area contributed by atoms with Gasteiger partial charge in [0.25, 0.3) is 0 Å². The molecule has 3 aromatic rings. The molecule has 40 heavy (non-hydrogen) atoms. The second kappa shape index (κ2) is 10.2. The molecule has 1 aromatic heterocycles. The fourth-order valence-electron chi connectivity index (χ4n) is 7.07. The first-order valence-electron chi connectivity index (χ1n) is 13.9. The number of hydrogen-bond acceptors (Lipinski definition) is 7. The number of carbonyl (C=O) groups excluding carboxylic acids is 3. The van der Waals surface area contributed by atoms with E-state index in [1.165, 1.54) is 0 Å². The summed E-state index contributed by atoms with van der Waals surface area (Å²) in [6.07, 6.45) is 2.16. The van der Waals surface area contributed by atoms with Gasteiger partial charge >= 0.3 is 0 Å². The van der Waals surface area contributed by atoms with E-state index in [1.54, 1.807) is 21.3 Å². The number of thioether (sulfide) groups is 1. The van der Waals surface area contributed by atoms with Gasteiger partial charge in [0, 0.05) is 11.3 Å². The molecule has 0 saturated carbocycles. The largest absolute Gasteiger partial charge is 0.394 e. The molecule has 3 aliphatic heterocycles. The second-order valence-electron chi connectivity index (χ2n) is 11.1. The van der Waals surface area contributed by atoms with Crippen LogP contribution in [0.2, 0.25) is 0 Å². The Balaban J connectivity index is 1.38. The van der Waals surface area contributed by atoms with Crippen LogP contribution in [-0.4, -0.2) is 71.4 Å². The molecule has 3 aliphatic rings. The lowest BCUT2D eigenvalue weighted by atomic mass is 9.66. The SMILES string of the molecule is CCCNC(=O)[C@@H]1[C@H]2C(=O)N([C@H](CO)c3ccccc3)C(C(=O)NCn3nnc4ccccc43)C23CC[C@@]1(C)S3. The number of carbonyl (C=O) groups is 3. The highest BCUT2D eigenvalue weighted by atomic mass is 32.2. The maximum Gasteiger partial charge on any atom is 0.245 e. The molecule has 2 aromatic carbocycles. The van der Waals surface area contributed by atoms with Crippen LogP contribution in [0, 0.1) is 11.8 Å². The average Bonchev–Trinajstić information content (AvgIpc) is 3.67. The van der Waals surface area contributed by atoms with Gasteiger partial charge in [-0.25, -0.2) is 4.68 Å². The van der Waals surface area contributed by atoms with Crippen LogP contribution in [-0.2, 0) is 21.1 Å². The van der Waals surface area contributed by atoms with Crippen LogP contribution in [0.25, 0.3) is 11.0 Å². The highest BCUT2D eigenvalue weighted by molar-refractivity contribution is 8.02. The zero-order chi connectivity index (χ0) is 28.1. The number of aliphatic hydroxyl groups is 1. The van der Waals surface area contributed by atoms with Crippen LogP contribution in [0.1, 0.15) is 44.7 Å². The Bertz CT molecular complexity index is 1450. The molecule has 2 unspecified atom stereocenters. The third-order valence-corrected chi connectivity index (χ3v) is 10.8. The van der Waals surface area contributed by atoms with E-state index in [2.05, 4.69) is 27.9 Å². The van der Waals surface area contributed by atoms with Crippen molar-refractivity contribution >= 4 is 40.5 Å². The van der Waals surface area contributed by atoms with Gasteiger partial charge in [0.1, 0.15) is 18.2 Å². The summed E-state index contributed by atoms with van der Waals surface area (Å²) in [7, 11) is 0. The third kappa shape index (κ3) is 4.01. The molecule has 0 radical (unpaired) electrons. The van der Waals surface area contributed by atoms with Crippen LogP contribution < -0.4 is 10.6 Å². The van der Waals surface area contributed by atoms with E-state index in [9.17, 15) is 19.5 Å².